The van der Waals surface area contributed by atoms with Crippen LogP contribution < -0.4 is 21.1 Å². The molecule has 0 spiro atoms. The number of nitrogens with two attached hydrogens (primary N) is 1. The van der Waals surface area contributed by atoms with Gasteiger partial charge in [-0.2, -0.15) is 0 Å². The van der Waals surface area contributed by atoms with E-state index in [1.54, 1.807) is 12.3 Å². The first-order chi connectivity index (χ1) is 12.1. The van der Waals surface area contributed by atoms with E-state index < -0.39 is 12.1 Å². The fraction of sp³-hybridized carbons (Fsp3) is 0.353. The van der Waals surface area contributed by atoms with Gasteiger partial charge >= 0.3 is 6.03 Å². The van der Waals surface area contributed by atoms with E-state index in [4.69, 9.17) is 10.5 Å². The number of ether oxygens (including phenoxy) is 1. The molecule has 0 aromatic carbocycles. The molecular formula is C17H22N4O3S. The van der Waals surface area contributed by atoms with Gasteiger partial charge in [0.15, 0.2) is 0 Å². The molecule has 8 heteroatoms. The first kappa shape index (κ1) is 18.7. The Kier molecular flexibility index (Phi) is 7.21. The molecule has 4 N–H and O–H groups in total. The van der Waals surface area contributed by atoms with Crippen molar-refractivity contribution in [2.75, 3.05) is 6.61 Å². The normalized spacial score (nSPS) is 11.6. The number of carbonyl (C=O) groups excluding carboxylic acids is 2. The van der Waals surface area contributed by atoms with Gasteiger partial charge in [-0.25, -0.2) is 9.78 Å². The van der Waals surface area contributed by atoms with E-state index >= 15 is 0 Å². The Labute approximate surface area is 150 Å². The van der Waals surface area contributed by atoms with Gasteiger partial charge in [0, 0.05) is 23.7 Å². The highest BCUT2D eigenvalue weighted by Gasteiger charge is 2.18. The Morgan fingerprint density at radius 1 is 1.36 bits per heavy atom. The predicted octanol–water partition coefficient (Wildman–Crippen LogP) is 2.35. The van der Waals surface area contributed by atoms with Gasteiger partial charge in [-0.05, 0) is 23.4 Å². The molecule has 3 amide bonds. The molecule has 0 aliphatic carbocycles. The lowest BCUT2D eigenvalue weighted by atomic mass is 10.1. The summed E-state index contributed by atoms with van der Waals surface area (Å²) in [5.74, 6) is 0.388. The molecule has 0 aliphatic rings. The molecule has 0 saturated carbocycles. The Morgan fingerprint density at radius 2 is 2.20 bits per heavy atom. The summed E-state index contributed by atoms with van der Waals surface area (Å²) in [6.45, 7) is 3.01. The molecule has 1 unspecified atom stereocenters. The zero-order valence-electron chi connectivity index (χ0n) is 14.0. The standard InChI is InChI=1S/C17H22N4O3S/c1-2-7-24-16-6-5-12(11-20-16)10-19-15(22)9-13(21-17(18)23)14-4-3-8-25-14/h3-6,8,11,13H,2,7,9-10H2,1H3,(H,19,22)(H3,18,21,23). The van der Waals surface area contributed by atoms with Crippen molar-refractivity contribution in [2.24, 2.45) is 5.73 Å². The molecule has 2 aromatic rings. The van der Waals surface area contributed by atoms with E-state index in [2.05, 4.69) is 15.6 Å². The summed E-state index contributed by atoms with van der Waals surface area (Å²) >= 11 is 1.46. The third kappa shape index (κ3) is 6.42. The number of urea groups is 1. The smallest absolute Gasteiger partial charge is 0.312 e. The topological polar surface area (TPSA) is 106 Å². The number of hydrogen-bond donors (Lipinski definition) is 3. The van der Waals surface area contributed by atoms with Gasteiger partial charge in [0.2, 0.25) is 11.8 Å². The molecule has 0 bridgehead atoms. The number of amides is 3. The van der Waals surface area contributed by atoms with Gasteiger partial charge in [-0.3, -0.25) is 4.79 Å². The van der Waals surface area contributed by atoms with Gasteiger partial charge in [0.25, 0.3) is 0 Å². The van der Waals surface area contributed by atoms with Crippen molar-refractivity contribution in [1.29, 1.82) is 0 Å². The average molecular weight is 362 g/mol. The summed E-state index contributed by atoms with van der Waals surface area (Å²) in [7, 11) is 0. The van der Waals surface area contributed by atoms with Crippen molar-refractivity contribution in [3.63, 3.8) is 0 Å². The molecule has 2 aromatic heterocycles. The van der Waals surface area contributed by atoms with Gasteiger partial charge in [-0.15, -0.1) is 11.3 Å². The zero-order valence-corrected chi connectivity index (χ0v) is 14.8. The largest absolute Gasteiger partial charge is 0.478 e. The van der Waals surface area contributed by atoms with Crippen molar-refractivity contribution < 1.29 is 14.3 Å². The maximum absolute atomic E-state index is 12.2. The van der Waals surface area contributed by atoms with Crippen LogP contribution in [0.15, 0.2) is 35.8 Å². The Morgan fingerprint density at radius 3 is 2.80 bits per heavy atom. The van der Waals surface area contributed by atoms with E-state index in [-0.39, 0.29) is 12.3 Å². The second-order valence-corrected chi connectivity index (χ2v) is 6.39. The first-order valence-corrected chi connectivity index (χ1v) is 8.90. The van der Waals surface area contributed by atoms with Crippen LogP contribution in [0, 0.1) is 0 Å². The van der Waals surface area contributed by atoms with Gasteiger partial charge in [-0.1, -0.05) is 19.1 Å². The highest BCUT2D eigenvalue weighted by molar-refractivity contribution is 7.10. The van der Waals surface area contributed by atoms with Crippen LogP contribution in [-0.4, -0.2) is 23.5 Å². The van der Waals surface area contributed by atoms with E-state index in [0.717, 1.165) is 16.9 Å². The minimum Gasteiger partial charge on any atom is -0.478 e. The second kappa shape index (κ2) is 9.63. The third-order valence-corrected chi connectivity index (χ3v) is 4.32. The minimum absolute atomic E-state index is 0.120. The quantitative estimate of drug-likeness (QED) is 0.636. The fourth-order valence-electron chi connectivity index (χ4n) is 2.15. The molecule has 134 valence electrons. The molecule has 2 rings (SSSR count). The monoisotopic (exact) mass is 362 g/mol. The van der Waals surface area contributed by atoms with Crippen molar-refractivity contribution in [3.8, 4) is 5.88 Å². The van der Waals surface area contributed by atoms with Crippen LogP contribution in [0.5, 0.6) is 5.88 Å². The molecule has 0 aliphatic heterocycles. The Hall–Kier alpha value is -2.61. The zero-order chi connectivity index (χ0) is 18.1. The number of pyridine rings is 1. The number of thiophene rings is 1. The summed E-state index contributed by atoms with van der Waals surface area (Å²) < 4.78 is 5.42. The fourth-order valence-corrected chi connectivity index (χ4v) is 2.93. The molecule has 0 radical (unpaired) electrons. The maximum atomic E-state index is 12.2. The highest BCUT2D eigenvalue weighted by atomic mass is 32.1. The van der Waals surface area contributed by atoms with Crippen molar-refractivity contribution in [2.45, 2.75) is 32.4 Å². The molecule has 0 saturated heterocycles. The van der Waals surface area contributed by atoms with E-state index in [0.29, 0.717) is 19.0 Å². The van der Waals surface area contributed by atoms with E-state index in [1.165, 1.54) is 11.3 Å². The summed E-state index contributed by atoms with van der Waals surface area (Å²) in [6, 6.07) is 6.27. The predicted molar refractivity (Wildman–Crippen MR) is 96.3 cm³/mol. The molecule has 25 heavy (non-hydrogen) atoms. The lowest BCUT2D eigenvalue weighted by Crippen LogP contribution is -2.36. The van der Waals surface area contributed by atoms with E-state index in [9.17, 15) is 9.59 Å². The number of hydrogen-bond acceptors (Lipinski definition) is 5. The molecule has 2 heterocycles. The van der Waals surface area contributed by atoms with Crippen molar-refractivity contribution in [3.05, 3.63) is 46.3 Å². The number of rotatable bonds is 9. The second-order valence-electron chi connectivity index (χ2n) is 5.41. The molecule has 1 atom stereocenters. The summed E-state index contributed by atoms with van der Waals surface area (Å²) in [5.41, 5.74) is 6.06. The molecular weight excluding hydrogens is 340 g/mol. The van der Waals surface area contributed by atoms with Gasteiger partial charge < -0.3 is 21.1 Å². The lowest BCUT2D eigenvalue weighted by Gasteiger charge is -2.16. The van der Waals surface area contributed by atoms with Crippen LogP contribution in [0.1, 0.15) is 36.2 Å². The van der Waals surface area contributed by atoms with Crippen LogP contribution in [-0.2, 0) is 11.3 Å². The van der Waals surface area contributed by atoms with Crippen LogP contribution in [0.4, 0.5) is 4.79 Å². The van der Waals surface area contributed by atoms with Crippen LogP contribution in [0.2, 0.25) is 0 Å². The van der Waals surface area contributed by atoms with Crippen molar-refractivity contribution >= 4 is 23.3 Å². The summed E-state index contributed by atoms with van der Waals surface area (Å²) in [6.07, 6.45) is 2.71. The Bertz CT molecular complexity index is 674. The number of aromatic nitrogens is 1. The molecule has 7 nitrogen and oxygen atoms in total. The lowest BCUT2D eigenvalue weighted by molar-refractivity contribution is -0.121. The number of carbonyl (C=O) groups is 2. The van der Waals surface area contributed by atoms with Gasteiger partial charge in [0.05, 0.1) is 19.1 Å². The van der Waals surface area contributed by atoms with Gasteiger partial charge in [0.1, 0.15) is 0 Å². The molecule has 0 fully saturated rings. The summed E-state index contributed by atoms with van der Waals surface area (Å²) in [4.78, 5) is 28.4. The minimum atomic E-state index is -0.655. The van der Waals surface area contributed by atoms with Crippen molar-refractivity contribution in [1.82, 2.24) is 15.6 Å². The van der Waals surface area contributed by atoms with E-state index in [1.807, 2.05) is 30.5 Å². The number of primary amides is 1. The summed E-state index contributed by atoms with van der Waals surface area (Å²) in [5, 5.41) is 7.30. The highest BCUT2D eigenvalue weighted by Crippen LogP contribution is 2.21. The number of nitrogens with one attached hydrogen (secondary N) is 2. The van der Waals surface area contributed by atoms with Crippen LogP contribution in [0.3, 0.4) is 0 Å². The SMILES string of the molecule is CCCOc1ccc(CNC(=O)CC(NC(N)=O)c2cccs2)cn1. The average Bonchev–Trinajstić information content (AvgIpc) is 3.12. The Balaban J connectivity index is 1.85. The maximum Gasteiger partial charge on any atom is 0.312 e. The first-order valence-electron chi connectivity index (χ1n) is 8.02. The van der Waals surface area contributed by atoms with Crippen LogP contribution >= 0.6 is 11.3 Å². The number of nitrogens with zero attached hydrogens (tertiary/aromatic N) is 1. The van der Waals surface area contributed by atoms with Crippen LogP contribution in [0.25, 0.3) is 0 Å². The third-order valence-electron chi connectivity index (χ3n) is 3.33.